The summed E-state index contributed by atoms with van der Waals surface area (Å²) in [5.74, 6) is -1.00. The summed E-state index contributed by atoms with van der Waals surface area (Å²) in [4.78, 5) is 28.1. The number of benzene rings is 3. The molecule has 0 saturated carbocycles. The smallest absolute Gasteiger partial charge is 0.338 e. The summed E-state index contributed by atoms with van der Waals surface area (Å²) < 4.78 is 10.2. The van der Waals surface area contributed by atoms with Gasteiger partial charge in [0.25, 0.3) is 5.91 Å². The highest BCUT2D eigenvalue weighted by atomic mass is 16.5. The van der Waals surface area contributed by atoms with Crippen LogP contribution in [0.25, 0.3) is 21.9 Å². The molecule has 0 unspecified atom stereocenters. The van der Waals surface area contributed by atoms with Gasteiger partial charge >= 0.3 is 5.97 Å². The van der Waals surface area contributed by atoms with Gasteiger partial charge in [-0.1, -0.05) is 30.3 Å². The molecule has 0 saturated heterocycles. The minimum absolute atomic E-state index is 0.310. The monoisotopic (exact) mass is 346 g/mol. The van der Waals surface area contributed by atoms with Gasteiger partial charge in [-0.2, -0.15) is 0 Å². The van der Waals surface area contributed by atoms with Crippen LogP contribution in [0.15, 0.2) is 71.5 Å². The van der Waals surface area contributed by atoms with Crippen molar-refractivity contribution in [3.05, 3.63) is 72.6 Å². The van der Waals surface area contributed by atoms with E-state index in [0.29, 0.717) is 22.4 Å². The van der Waals surface area contributed by atoms with E-state index in [1.54, 1.807) is 24.3 Å². The predicted octanol–water partition coefficient (Wildman–Crippen LogP) is 3.78. The Morgan fingerprint density at radius 1 is 1.00 bits per heavy atom. The zero-order chi connectivity index (χ0) is 17.9. The second-order valence-corrected chi connectivity index (χ2v) is 5.72. The number of aromatic nitrogens is 1. The lowest BCUT2D eigenvalue weighted by atomic mass is 10.1. The Kier molecular flexibility index (Phi) is 4.07. The van der Waals surface area contributed by atoms with E-state index < -0.39 is 11.9 Å². The van der Waals surface area contributed by atoms with E-state index >= 15 is 0 Å². The molecule has 3 aromatic carbocycles. The molecule has 0 aliphatic rings. The Morgan fingerprint density at radius 2 is 1.85 bits per heavy atom. The highest BCUT2D eigenvalue weighted by Gasteiger charge is 2.12. The van der Waals surface area contributed by atoms with Crippen molar-refractivity contribution in [3.8, 4) is 0 Å². The number of amides is 1. The number of esters is 1. The molecule has 1 N–H and O–H groups in total. The molecule has 26 heavy (non-hydrogen) atoms. The van der Waals surface area contributed by atoms with Gasteiger partial charge in [0.05, 0.1) is 5.56 Å². The Balaban J connectivity index is 1.38. The van der Waals surface area contributed by atoms with Crippen molar-refractivity contribution in [2.24, 2.45) is 0 Å². The van der Waals surface area contributed by atoms with Crippen LogP contribution < -0.4 is 5.32 Å². The van der Waals surface area contributed by atoms with Crippen molar-refractivity contribution < 1.29 is 18.7 Å². The number of nitrogens with one attached hydrogen (secondary N) is 1. The number of hydrogen-bond donors (Lipinski definition) is 1. The Morgan fingerprint density at radius 3 is 2.73 bits per heavy atom. The maximum absolute atomic E-state index is 12.1. The lowest BCUT2D eigenvalue weighted by Gasteiger charge is -2.07. The highest BCUT2D eigenvalue weighted by molar-refractivity contribution is 5.98. The quantitative estimate of drug-likeness (QED) is 0.569. The van der Waals surface area contributed by atoms with Crippen molar-refractivity contribution in [1.29, 1.82) is 0 Å². The molecule has 128 valence electrons. The number of ether oxygens (including phenoxy) is 1. The van der Waals surface area contributed by atoms with Crippen LogP contribution in [0, 0.1) is 0 Å². The van der Waals surface area contributed by atoms with Gasteiger partial charge in [0.15, 0.2) is 18.6 Å². The van der Waals surface area contributed by atoms with E-state index in [-0.39, 0.29) is 6.61 Å². The average molecular weight is 346 g/mol. The van der Waals surface area contributed by atoms with Gasteiger partial charge in [0, 0.05) is 5.69 Å². The number of rotatable bonds is 4. The van der Waals surface area contributed by atoms with Crippen molar-refractivity contribution in [1.82, 2.24) is 4.98 Å². The van der Waals surface area contributed by atoms with E-state index in [4.69, 9.17) is 9.15 Å². The molecule has 0 aliphatic heterocycles. The third kappa shape index (κ3) is 3.25. The van der Waals surface area contributed by atoms with Gasteiger partial charge in [0.2, 0.25) is 0 Å². The Bertz CT molecular complexity index is 1120. The topological polar surface area (TPSA) is 81.4 Å². The van der Waals surface area contributed by atoms with Gasteiger partial charge in [-0.25, -0.2) is 9.78 Å². The van der Waals surface area contributed by atoms with Crippen LogP contribution in [0.4, 0.5) is 5.69 Å². The van der Waals surface area contributed by atoms with E-state index in [2.05, 4.69) is 10.3 Å². The van der Waals surface area contributed by atoms with Crippen LogP contribution in [-0.4, -0.2) is 23.5 Å². The SMILES string of the molecule is O=C(COC(=O)c1ccc2ocnc2c1)Nc1ccc2ccccc2c1. The van der Waals surface area contributed by atoms with Crippen LogP contribution in [-0.2, 0) is 9.53 Å². The van der Waals surface area contributed by atoms with Crippen LogP contribution in [0.5, 0.6) is 0 Å². The summed E-state index contributed by atoms with van der Waals surface area (Å²) in [6, 6.07) is 18.2. The number of anilines is 1. The molecule has 6 heteroatoms. The zero-order valence-corrected chi connectivity index (χ0v) is 13.6. The molecule has 0 bridgehead atoms. The highest BCUT2D eigenvalue weighted by Crippen LogP contribution is 2.19. The molecular formula is C20H14N2O4. The molecule has 0 radical (unpaired) electrons. The average Bonchev–Trinajstić information content (AvgIpc) is 3.14. The number of fused-ring (bicyclic) bond motifs is 2. The first-order chi connectivity index (χ1) is 12.7. The second kappa shape index (κ2) is 6.68. The molecule has 0 aliphatic carbocycles. The number of nitrogens with zero attached hydrogens (tertiary/aromatic N) is 1. The first-order valence-corrected chi connectivity index (χ1v) is 7.98. The van der Waals surface area contributed by atoms with E-state index in [0.717, 1.165) is 10.8 Å². The maximum Gasteiger partial charge on any atom is 0.338 e. The molecular weight excluding hydrogens is 332 g/mol. The van der Waals surface area contributed by atoms with Crippen LogP contribution in [0.1, 0.15) is 10.4 Å². The minimum atomic E-state index is -0.594. The fourth-order valence-corrected chi connectivity index (χ4v) is 2.66. The molecule has 6 nitrogen and oxygen atoms in total. The molecule has 0 spiro atoms. The van der Waals surface area contributed by atoms with Gasteiger partial charge in [0.1, 0.15) is 5.52 Å². The summed E-state index contributed by atoms with van der Waals surface area (Å²) in [7, 11) is 0. The zero-order valence-electron chi connectivity index (χ0n) is 13.6. The Labute approximate surface area is 148 Å². The number of oxazole rings is 1. The molecule has 4 rings (SSSR count). The third-order valence-corrected chi connectivity index (χ3v) is 3.93. The van der Waals surface area contributed by atoms with Crippen molar-refractivity contribution in [2.75, 3.05) is 11.9 Å². The first kappa shape index (κ1) is 15.8. The summed E-state index contributed by atoms with van der Waals surface area (Å²) >= 11 is 0. The summed E-state index contributed by atoms with van der Waals surface area (Å²) in [6.07, 6.45) is 1.30. The lowest BCUT2D eigenvalue weighted by molar-refractivity contribution is -0.119. The largest absolute Gasteiger partial charge is 0.452 e. The number of carbonyl (C=O) groups excluding carboxylic acids is 2. The molecule has 1 amide bonds. The predicted molar refractivity (Wildman–Crippen MR) is 96.9 cm³/mol. The molecule has 4 aromatic rings. The van der Waals surface area contributed by atoms with E-state index in [1.165, 1.54) is 6.39 Å². The maximum atomic E-state index is 12.1. The van der Waals surface area contributed by atoms with E-state index in [1.807, 2.05) is 36.4 Å². The van der Waals surface area contributed by atoms with Crippen molar-refractivity contribution >= 4 is 39.4 Å². The normalized spacial score (nSPS) is 10.8. The summed E-state index contributed by atoms with van der Waals surface area (Å²) in [6.45, 7) is -0.373. The van der Waals surface area contributed by atoms with Crippen LogP contribution >= 0.6 is 0 Å². The van der Waals surface area contributed by atoms with Crippen LogP contribution in [0.2, 0.25) is 0 Å². The fraction of sp³-hybridized carbons (Fsp3) is 0.0500. The van der Waals surface area contributed by atoms with Gasteiger partial charge in [-0.15, -0.1) is 0 Å². The van der Waals surface area contributed by atoms with Gasteiger partial charge in [-0.3, -0.25) is 4.79 Å². The Hall–Kier alpha value is -3.67. The molecule has 1 heterocycles. The first-order valence-electron chi connectivity index (χ1n) is 7.98. The second-order valence-electron chi connectivity index (χ2n) is 5.72. The van der Waals surface area contributed by atoms with Crippen LogP contribution in [0.3, 0.4) is 0 Å². The minimum Gasteiger partial charge on any atom is -0.452 e. The van der Waals surface area contributed by atoms with Crippen molar-refractivity contribution in [3.63, 3.8) is 0 Å². The molecule has 0 atom stereocenters. The van der Waals surface area contributed by atoms with E-state index in [9.17, 15) is 9.59 Å². The summed E-state index contributed by atoms with van der Waals surface area (Å²) in [5.41, 5.74) is 2.09. The fourth-order valence-electron chi connectivity index (χ4n) is 2.66. The van der Waals surface area contributed by atoms with Gasteiger partial charge < -0.3 is 14.5 Å². The van der Waals surface area contributed by atoms with Gasteiger partial charge in [-0.05, 0) is 41.1 Å². The lowest BCUT2D eigenvalue weighted by Crippen LogP contribution is -2.20. The standard InChI is InChI=1S/C20H14N2O4/c23-19(22-16-7-5-13-3-1-2-4-14(13)9-16)11-25-20(24)15-6-8-18-17(10-15)21-12-26-18/h1-10,12H,11H2,(H,22,23). The summed E-state index contributed by atoms with van der Waals surface area (Å²) in [5, 5.41) is 4.82. The molecule has 1 aromatic heterocycles. The van der Waals surface area contributed by atoms with Crippen molar-refractivity contribution in [2.45, 2.75) is 0 Å². The third-order valence-electron chi connectivity index (χ3n) is 3.93. The number of hydrogen-bond acceptors (Lipinski definition) is 5. The number of carbonyl (C=O) groups is 2. The molecule has 0 fully saturated rings.